The summed E-state index contributed by atoms with van der Waals surface area (Å²) in [6.07, 6.45) is 5.59. The molecule has 0 aliphatic carbocycles. The number of nitrogens with zero attached hydrogens (tertiary/aromatic N) is 3. The van der Waals surface area contributed by atoms with Gasteiger partial charge in [0.05, 0.1) is 12.1 Å². The highest BCUT2D eigenvalue weighted by atomic mass is 16.4. The molecule has 5 nitrogen and oxygen atoms in total. The van der Waals surface area contributed by atoms with Gasteiger partial charge >= 0.3 is 0 Å². The molecule has 0 spiro atoms. The van der Waals surface area contributed by atoms with E-state index in [1.807, 2.05) is 37.4 Å². The van der Waals surface area contributed by atoms with Gasteiger partial charge in [0.25, 0.3) is 5.91 Å². The number of carbonyl (C=O) groups is 1. The quantitative estimate of drug-likeness (QED) is 0.685. The Kier molecular flexibility index (Phi) is 5.21. The van der Waals surface area contributed by atoms with Crippen molar-refractivity contribution in [3.63, 3.8) is 0 Å². The van der Waals surface area contributed by atoms with Crippen LogP contribution in [0.25, 0.3) is 10.9 Å². The van der Waals surface area contributed by atoms with Crippen molar-refractivity contribution in [1.82, 2.24) is 14.8 Å². The van der Waals surface area contributed by atoms with Gasteiger partial charge in [-0.2, -0.15) is 0 Å². The van der Waals surface area contributed by atoms with Crippen molar-refractivity contribution in [3.8, 4) is 0 Å². The molecule has 1 saturated heterocycles. The third-order valence-electron chi connectivity index (χ3n) is 5.13. The molecular formula is C22H25N3O2. The molecule has 0 bridgehead atoms. The third kappa shape index (κ3) is 4.19. The molecule has 1 aromatic carbocycles. The van der Waals surface area contributed by atoms with Crippen LogP contribution < -0.4 is 0 Å². The summed E-state index contributed by atoms with van der Waals surface area (Å²) in [4.78, 5) is 21.1. The lowest BCUT2D eigenvalue weighted by molar-refractivity contribution is 0.0749. The molecule has 140 valence electrons. The predicted molar refractivity (Wildman–Crippen MR) is 105 cm³/mol. The fourth-order valence-electron chi connectivity index (χ4n) is 3.67. The first kappa shape index (κ1) is 17.7. The van der Waals surface area contributed by atoms with Crippen molar-refractivity contribution in [2.75, 3.05) is 20.1 Å². The number of hydrogen-bond acceptors (Lipinski definition) is 4. The van der Waals surface area contributed by atoms with Gasteiger partial charge in [-0.25, -0.2) is 0 Å². The first-order valence-electron chi connectivity index (χ1n) is 9.59. The number of fused-ring (bicyclic) bond motifs is 1. The molecule has 0 N–H and O–H groups in total. The zero-order valence-corrected chi connectivity index (χ0v) is 15.7. The van der Waals surface area contributed by atoms with Crippen molar-refractivity contribution >= 4 is 16.8 Å². The van der Waals surface area contributed by atoms with Crippen LogP contribution in [0.5, 0.6) is 0 Å². The largest absolute Gasteiger partial charge is 0.455 e. The topological polar surface area (TPSA) is 49.6 Å². The number of rotatable bonds is 5. The summed E-state index contributed by atoms with van der Waals surface area (Å²) < 4.78 is 5.83. The molecule has 0 atom stereocenters. The molecule has 1 amide bonds. The first-order valence-corrected chi connectivity index (χ1v) is 9.59. The summed E-state index contributed by atoms with van der Waals surface area (Å²) in [6, 6.07) is 13.8. The van der Waals surface area contributed by atoms with E-state index in [-0.39, 0.29) is 5.91 Å². The average Bonchev–Trinajstić information content (AvgIpc) is 3.16. The van der Waals surface area contributed by atoms with Crippen molar-refractivity contribution in [2.45, 2.75) is 32.4 Å². The maximum atomic E-state index is 12.7. The van der Waals surface area contributed by atoms with Gasteiger partial charge in [-0.15, -0.1) is 0 Å². The normalized spacial score (nSPS) is 15.1. The molecule has 5 heteroatoms. The SMILES string of the molecule is CN(Cc1ccc2ncccc2c1)C(=O)c1ccc(CN2CCCCC2)o1. The Morgan fingerprint density at radius 2 is 2.00 bits per heavy atom. The fourth-order valence-corrected chi connectivity index (χ4v) is 3.67. The summed E-state index contributed by atoms with van der Waals surface area (Å²) in [5.41, 5.74) is 2.04. The number of piperidine rings is 1. The van der Waals surface area contributed by atoms with E-state index in [1.54, 1.807) is 17.2 Å². The Bertz CT molecular complexity index is 928. The van der Waals surface area contributed by atoms with E-state index >= 15 is 0 Å². The van der Waals surface area contributed by atoms with Crippen LogP contribution in [0.3, 0.4) is 0 Å². The third-order valence-corrected chi connectivity index (χ3v) is 5.13. The Hall–Kier alpha value is -2.66. The second kappa shape index (κ2) is 7.92. The van der Waals surface area contributed by atoms with Crippen molar-refractivity contribution in [3.05, 3.63) is 65.7 Å². The van der Waals surface area contributed by atoms with E-state index in [1.165, 1.54) is 19.3 Å². The zero-order chi connectivity index (χ0) is 18.6. The van der Waals surface area contributed by atoms with E-state index < -0.39 is 0 Å². The molecular weight excluding hydrogens is 338 g/mol. The van der Waals surface area contributed by atoms with Gasteiger partial charge < -0.3 is 9.32 Å². The van der Waals surface area contributed by atoms with Gasteiger partial charge in [0.1, 0.15) is 5.76 Å². The molecule has 4 rings (SSSR count). The molecule has 2 aromatic heterocycles. The Morgan fingerprint density at radius 3 is 2.85 bits per heavy atom. The molecule has 1 fully saturated rings. The molecule has 0 saturated carbocycles. The second-order valence-corrected chi connectivity index (χ2v) is 7.29. The minimum absolute atomic E-state index is 0.0915. The maximum Gasteiger partial charge on any atom is 0.289 e. The Labute approximate surface area is 159 Å². The van der Waals surface area contributed by atoms with Gasteiger partial charge in [0.15, 0.2) is 5.76 Å². The number of benzene rings is 1. The number of hydrogen-bond donors (Lipinski definition) is 0. The van der Waals surface area contributed by atoms with Crippen molar-refractivity contribution in [2.24, 2.45) is 0 Å². The maximum absolute atomic E-state index is 12.7. The van der Waals surface area contributed by atoms with Crippen molar-refractivity contribution < 1.29 is 9.21 Å². The highest BCUT2D eigenvalue weighted by molar-refractivity contribution is 5.91. The van der Waals surface area contributed by atoms with E-state index in [4.69, 9.17) is 4.42 Å². The molecule has 1 aliphatic rings. The lowest BCUT2D eigenvalue weighted by atomic mass is 10.1. The number of pyridine rings is 1. The van der Waals surface area contributed by atoms with Crippen LogP contribution in [0.15, 0.2) is 53.1 Å². The van der Waals surface area contributed by atoms with Gasteiger partial charge in [0.2, 0.25) is 0 Å². The minimum Gasteiger partial charge on any atom is -0.455 e. The van der Waals surface area contributed by atoms with Gasteiger partial charge in [-0.3, -0.25) is 14.7 Å². The van der Waals surface area contributed by atoms with Gasteiger partial charge in [-0.05, 0) is 61.8 Å². The van der Waals surface area contributed by atoms with Crippen LogP contribution in [0.1, 0.15) is 41.1 Å². The summed E-state index contributed by atoms with van der Waals surface area (Å²) in [5.74, 6) is 1.18. The van der Waals surface area contributed by atoms with Crippen LogP contribution in [-0.4, -0.2) is 40.8 Å². The van der Waals surface area contributed by atoms with Crippen LogP contribution >= 0.6 is 0 Å². The number of carbonyl (C=O) groups excluding carboxylic acids is 1. The number of furan rings is 1. The highest BCUT2D eigenvalue weighted by Crippen LogP contribution is 2.18. The average molecular weight is 363 g/mol. The summed E-state index contributed by atoms with van der Waals surface area (Å²) >= 11 is 0. The number of likely N-dealkylation sites (tertiary alicyclic amines) is 1. The molecule has 3 aromatic rings. The molecule has 0 unspecified atom stereocenters. The summed E-state index contributed by atoms with van der Waals surface area (Å²) in [7, 11) is 1.81. The lowest BCUT2D eigenvalue weighted by Gasteiger charge is -2.25. The van der Waals surface area contributed by atoms with E-state index in [2.05, 4.69) is 16.0 Å². The summed E-state index contributed by atoms with van der Waals surface area (Å²) in [5, 5.41) is 1.08. The number of amides is 1. The monoisotopic (exact) mass is 363 g/mol. The molecule has 0 radical (unpaired) electrons. The predicted octanol–water partition coefficient (Wildman–Crippen LogP) is 4.09. The Morgan fingerprint density at radius 1 is 1.15 bits per heavy atom. The zero-order valence-electron chi connectivity index (χ0n) is 15.7. The fraction of sp³-hybridized carbons (Fsp3) is 0.364. The van der Waals surface area contributed by atoms with E-state index in [0.717, 1.165) is 41.9 Å². The Balaban J connectivity index is 1.40. The van der Waals surface area contributed by atoms with Crippen molar-refractivity contribution in [1.29, 1.82) is 0 Å². The van der Waals surface area contributed by atoms with E-state index in [0.29, 0.717) is 12.3 Å². The van der Waals surface area contributed by atoms with Crippen LogP contribution in [-0.2, 0) is 13.1 Å². The second-order valence-electron chi connectivity index (χ2n) is 7.29. The smallest absolute Gasteiger partial charge is 0.289 e. The van der Waals surface area contributed by atoms with Gasteiger partial charge in [-0.1, -0.05) is 18.6 Å². The highest BCUT2D eigenvalue weighted by Gasteiger charge is 2.18. The molecule has 1 aliphatic heterocycles. The standard InChI is InChI=1S/C22H25N3O2/c1-24(15-17-7-9-20-18(14-17)6-5-11-23-20)22(26)21-10-8-19(27-21)16-25-12-3-2-4-13-25/h5-11,14H,2-4,12-13,15-16H2,1H3. The van der Waals surface area contributed by atoms with Crippen LogP contribution in [0.2, 0.25) is 0 Å². The summed E-state index contributed by atoms with van der Waals surface area (Å²) in [6.45, 7) is 3.54. The van der Waals surface area contributed by atoms with Gasteiger partial charge in [0, 0.05) is 25.2 Å². The molecule has 27 heavy (non-hydrogen) atoms. The first-order chi connectivity index (χ1) is 13.2. The minimum atomic E-state index is -0.0915. The number of aromatic nitrogens is 1. The lowest BCUT2D eigenvalue weighted by Crippen LogP contribution is -2.29. The van der Waals surface area contributed by atoms with E-state index in [9.17, 15) is 4.79 Å². The van der Waals surface area contributed by atoms with Crippen LogP contribution in [0, 0.1) is 0 Å². The van der Waals surface area contributed by atoms with Crippen LogP contribution in [0.4, 0.5) is 0 Å². The molecule has 3 heterocycles.